The number of carbonyl (C=O) groups is 1. The van der Waals surface area contributed by atoms with E-state index < -0.39 is 0 Å². The van der Waals surface area contributed by atoms with Gasteiger partial charge in [0.1, 0.15) is 6.61 Å². The maximum atomic E-state index is 12.3. The van der Waals surface area contributed by atoms with E-state index in [-0.39, 0.29) is 18.0 Å². The third kappa shape index (κ3) is 6.26. The van der Waals surface area contributed by atoms with Crippen LogP contribution in [0.15, 0.2) is 29.3 Å². The summed E-state index contributed by atoms with van der Waals surface area (Å²) in [6.45, 7) is 9.30. The first-order chi connectivity index (χ1) is 10.6. The number of nitrogens with zero attached hydrogens (tertiary/aromatic N) is 1. The number of amides is 1. The lowest BCUT2D eigenvalue weighted by Crippen LogP contribution is -2.34. The van der Waals surface area contributed by atoms with Crippen molar-refractivity contribution in [3.63, 3.8) is 0 Å². The Kier molecular flexibility index (Phi) is 8.22. The predicted molar refractivity (Wildman–Crippen MR) is 88.3 cm³/mol. The first-order valence-electron chi connectivity index (χ1n) is 7.73. The van der Waals surface area contributed by atoms with E-state index >= 15 is 0 Å². The van der Waals surface area contributed by atoms with Gasteiger partial charge in [0.05, 0.1) is 12.6 Å². The summed E-state index contributed by atoms with van der Waals surface area (Å²) in [7, 11) is 0. The Morgan fingerprint density at radius 2 is 2.00 bits per heavy atom. The molecule has 0 radical (unpaired) electrons. The van der Waals surface area contributed by atoms with Crippen LogP contribution < -0.4 is 5.32 Å². The number of aryl methyl sites for hydroxylation is 1. The molecule has 0 aliphatic rings. The van der Waals surface area contributed by atoms with E-state index in [1.54, 1.807) is 6.07 Å². The number of nitrogens with one attached hydrogen (secondary N) is 1. The van der Waals surface area contributed by atoms with E-state index in [1.807, 2.05) is 45.9 Å². The van der Waals surface area contributed by atoms with Crippen LogP contribution in [0.25, 0.3) is 0 Å². The zero-order chi connectivity index (χ0) is 16.4. The summed E-state index contributed by atoms with van der Waals surface area (Å²) in [5.74, 6) is -0.212. The molecule has 0 saturated carbocycles. The van der Waals surface area contributed by atoms with Gasteiger partial charge in [-0.2, -0.15) is 0 Å². The van der Waals surface area contributed by atoms with Crippen molar-refractivity contribution in [2.45, 2.75) is 40.2 Å². The average Bonchev–Trinajstić information content (AvgIpc) is 2.51. The van der Waals surface area contributed by atoms with Gasteiger partial charge in [0.25, 0.3) is 11.9 Å². The van der Waals surface area contributed by atoms with Crippen LogP contribution >= 0.6 is 0 Å². The molecule has 22 heavy (non-hydrogen) atoms. The molecule has 0 aromatic heterocycles. The third-order valence-corrected chi connectivity index (χ3v) is 3.21. The molecule has 0 unspecified atom stereocenters. The van der Waals surface area contributed by atoms with E-state index in [0.717, 1.165) is 12.0 Å². The Labute approximate surface area is 132 Å². The maximum absolute atomic E-state index is 12.3. The fourth-order valence-electron chi connectivity index (χ4n) is 1.73. The van der Waals surface area contributed by atoms with Crippen LogP contribution in [0.5, 0.6) is 0 Å². The number of rotatable bonds is 7. The van der Waals surface area contributed by atoms with Gasteiger partial charge in [-0.3, -0.25) is 10.1 Å². The molecule has 0 spiro atoms. The minimum absolute atomic E-state index is 0.0827. The Balaban J connectivity index is 2.73. The number of carbonyl (C=O) groups excluding carboxylic acids is 1. The second kappa shape index (κ2) is 9.95. The summed E-state index contributed by atoms with van der Waals surface area (Å²) in [6.07, 6.45) is 0.874. The summed E-state index contributed by atoms with van der Waals surface area (Å²) < 4.78 is 10.8. The molecule has 0 fully saturated rings. The molecule has 0 aliphatic carbocycles. The molecule has 1 N–H and O–H groups in total. The monoisotopic (exact) mass is 306 g/mol. The minimum Gasteiger partial charge on any atom is -0.463 e. The van der Waals surface area contributed by atoms with Crippen molar-refractivity contribution in [3.05, 3.63) is 35.4 Å². The minimum atomic E-state index is -0.212. The van der Waals surface area contributed by atoms with Gasteiger partial charge in [-0.05, 0) is 38.8 Å². The number of amidine groups is 1. The van der Waals surface area contributed by atoms with Gasteiger partial charge in [-0.1, -0.05) is 25.1 Å². The number of aliphatic imine (C=N–C) groups is 1. The highest BCUT2D eigenvalue weighted by molar-refractivity contribution is 6.04. The summed E-state index contributed by atoms with van der Waals surface area (Å²) in [5, 5.41) is 2.75. The Bertz CT molecular complexity index is 500. The van der Waals surface area contributed by atoms with Crippen LogP contribution in [0.3, 0.4) is 0 Å². The smallest absolute Gasteiger partial charge is 0.292 e. The highest BCUT2D eigenvalue weighted by atomic mass is 16.5. The first kappa shape index (κ1) is 18.2. The van der Waals surface area contributed by atoms with E-state index in [9.17, 15) is 4.79 Å². The fraction of sp³-hybridized carbons (Fsp3) is 0.529. The number of ether oxygens (including phenoxy) is 2. The van der Waals surface area contributed by atoms with E-state index in [4.69, 9.17) is 9.47 Å². The molecule has 1 rings (SSSR count). The SMILES string of the molecule is CCOCCOC(=N[C@@H](C)CC)NC(=O)c1ccccc1C. The molecular formula is C17H26N2O3. The average molecular weight is 306 g/mol. The summed E-state index contributed by atoms with van der Waals surface area (Å²) in [6, 6.07) is 7.76. The van der Waals surface area contributed by atoms with Crippen LogP contribution in [0.2, 0.25) is 0 Å². The Morgan fingerprint density at radius 3 is 2.64 bits per heavy atom. The molecular weight excluding hydrogens is 280 g/mol. The van der Waals surface area contributed by atoms with E-state index in [2.05, 4.69) is 10.3 Å². The highest BCUT2D eigenvalue weighted by Gasteiger charge is 2.12. The highest BCUT2D eigenvalue weighted by Crippen LogP contribution is 2.07. The van der Waals surface area contributed by atoms with Crippen molar-refractivity contribution in [3.8, 4) is 0 Å². The Morgan fingerprint density at radius 1 is 1.27 bits per heavy atom. The molecule has 1 aromatic carbocycles. The predicted octanol–water partition coefficient (Wildman–Crippen LogP) is 2.93. The molecule has 1 amide bonds. The second-order valence-corrected chi connectivity index (χ2v) is 5.01. The standard InChI is InChI=1S/C17H26N2O3/c1-5-14(4)18-17(22-12-11-21-6-2)19-16(20)15-10-8-7-9-13(15)3/h7-10,14H,5-6,11-12H2,1-4H3,(H,18,19,20)/t14-/m0/s1. The van der Waals surface area contributed by atoms with Gasteiger partial charge in [0, 0.05) is 12.2 Å². The van der Waals surface area contributed by atoms with Crippen molar-refractivity contribution in [2.75, 3.05) is 19.8 Å². The first-order valence-corrected chi connectivity index (χ1v) is 7.73. The number of benzene rings is 1. The van der Waals surface area contributed by atoms with E-state index in [0.29, 0.717) is 25.4 Å². The van der Waals surface area contributed by atoms with Crippen LogP contribution in [0.4, 0.5) is 0 Å². The van der Waals surface area contributed by atoms with Crippen molar-refractivity contribution in [1.29, 1.82) is 0 Å². The summed E-state index contributed by atoms with van der Waals surface area (Å²) >= 11 is 0. The lowest BCUT2D eigenvalue weighted by atomic mass is 10.1. The number of hydrogen-bond acceptors (Lipinski definition) is 4. The van der Waals surface area contributed by atoms with Crippen molar-refractivity contribution < 1.29 is 14.3 Å². The largest absolute Gasteiger partial charge is 0.463 e. The third-order valence-electron chi connectivity index (χ3n) is 3.21. The lowest BCUT2D eigenvalue weighted by Gasteiger charge is -2.13. The van der Waals surface area contributed by atoms with Crippen molar-refractivity contribution in [2.24, 2.45) is 4.99 Å². The van der Waals surface area contributed by atoms with Crippen LogP contribution in [-0.2, 0) is 9.47 Å². The molecule has 5 nitrogen and oxygen atoms in total. The molecule has 122 valence electrons. The lowest BCUT2D eigenvalue weighted by molar-refractivity contribution is 0.0920. The molecule has 0 bridgehead atoms. The van der Waals surface area contributed by atoms with Gasteiger partial charge in [-0.25, -0.2) is 4.99 Å². The molecule has 1 atom stereocenters. The molecule has 0 heterocycles. The summed E-state index contributed by atoms with van der Waals surface area (Å²) in [4.78, 5) is 16.7. The molecule has 0 aliphatic heterocycles. The van der Waals surface area contributed by atoms with Crippen LogP contribution in [-0.4, -0.2) is 37.8 Å². The molecule has 0 saturated heterocycles. The van der Waals surface area contributed by atoms with Crippen LogP contribution in [0.1, 0.15) is 43.1 Å². The van der Waals surface area contributed by atoms with Crippen LogP contribution in [0, 0.1) is 6.92 Å². The Hall–Kier alpha value is -1.88. The maximum Gasteiger partial charge on any atom is 0.292 e. The summed E-state index contributed by atoms with van der Waals surface area (Å²) in [5.41, 5.74) is 1.53. The van der Waals surface area contributed by atoms with Gasteiger partial charge < -0.3 is 9.47 Å². The van der Waals surface area contributed by atoms with Gasteiger partial charge >= 0.3 is 0 Å². The zero-order valence-electron chi connectivity index (χ0n) is 13.9. The van der Waals surface area contributed by atoms with Crippen molar-refractivity contribution in [1.82, 2.24) is 5.32 Å². The van der Waals surface area contributed by atoms with Gasteiger partial charge in [0.15, 0.2) is 0 Å². The quantitative estimate of drug-likeness (QED) is 0.479. The number of hydrogen-bond donors (Lipinski definition) is 1. The van der Waals surface area contributed by atoms with E-state index in [1.165, 1.54) is 0 Å². The molecule has 1 aromatic rings. The van der Waals surface area contributed by atoms with Gasteiger partial charge in [0.2, 0.25) is 0 Å². The normalized spacial score (nSPS) is 12.8. The topological polar surface area (TPSA) is 59.9 Å². The fourth-order valence-corrected chi connectivity index (χ4v) is 1.73. The molecule has 5 heteroatoms. The second-order valence-electron chi connectivity index (χ2n) is 5.01. The van der Waals surface area contributed by atoms with Gasteiger partial charge in [-0.15, -0.1) is 0 Å². The van der Waals surface area contributed by atoms with Crippen molar-refractivity contribution >= 4 is 11.9 Å². The zero-order valence-corrected chi connectivity index (χ0v) is 13.9.